The van der Waals surface area contributed by atoms with Gasteiger partial charge < -0.3 is 16.4 Å². The lowest BCUT2D eigenvalue weighted by atomic mass is 10.2. The molecule has 0 saturated heterocycles. The van der Waals surface area contributed by atoms with Crippen molar-refractivity contribution < 1.29 is 9.59 Å². The molecule has 4 N–H and O–H groups in total. The molecule has 0 atom stereocenters. The van der Waals surface area contributed by atoms with Gasteiger partial charge in [-0.15, -0.1) is 0 Å². The maximum atomic E-state index is 12.3. The molecule has 122 valence electrons. The maximum Gasteiger partial charge on any atom is 0.316 e. The number of nitrogens with zero attached hydrogens (tertiary/aromatic N) is 3. The van der Waals surface area contributed by atoms with Crippen molar-refractivity contribution in [2.24, 2.45) is 12.8 Å². The molecular formula is C16H16N6O2. The van der Waals surface area contributed by atoms with Crippen LogP contribution in [0.3, 0.4) is 0 Å². The number of rotatable bonds is 3. The molecule has 1 aromatic carbocycles. The predicted octanol–water partition coefficient (Wildman–Crippen LogP) is 2.02. The molecule has 0 spiro atoms. The van der Waals surface area contributed by atoms with Gasteiger partial charge in [0.2, 0.25) is 0 Å². The van der Waals surface area contributed by atoms with E-state index < -0.39 is 6.03 Å². The summed E-state index contributed by atoms with van der Waals surface area (Å²) in [5.41, 5.74) is 8.20. The number of benzene rings is 1. The Morgan fingerprint density at radius 3 is 2.50 bits per heavy atom. The highest BCUT2D eigenvalue weighted by Gasteiger charge is 2.10. The van der Waals surface area contributed by atoms with Gasteiger partial charge in [-0.1, -0.05) is 0 Å². The minimum atomic E-state index is -0.654. The highest BCUT2D eigenvalue weighted by molar-refractivity contribution is 6.05. The Bertz CT molecular complexity index is 930. The van der Waals surface area contributed by atoms with Crippen LogP contribution in [0.4, 0.5) is 16.2 Å². The van der Waals surface area contributed by atoms with E-state index >= 15 is 0 Å². The van der Waals surface area contributed by atoms with Crippen molar-refractivity contribution in [3.05, 3.63) is 47.8 Å². The number of urea groups is 1. The molecular weight excluding hydrogens is 308 g/mol. The van der Waals surface area contributed by atoms with Gasteiger partial charge in [0.15, 0.2) is 5.65 Å². The van der Waals surface area contributed by atoms with E-state index in [1.165, 1.54) is 0 Å². The molecule has 0 saturated carbocycles. The molecule has 2 heterocycles. The average molecular weight is 324 g/mol. The van der Waals surface area contributed by atoms with Crippen LogP contribution in [0.25, 0.3) is 11.0 Å². The van der Waals surface area contributed by atoms with Crippen LogP contribution in [0.15, 0.2) is 36.5 Å². The fourth-order valence-corrected chi connectivity index (χ4v) is 2.43. The molecule has 24 heavy (non-hydrogen) atoms. The summed E-state index contributed by atoms with van der Waals surface area (Å²) in [6, 6.07) is 7.59. The number of nitrogens with two attached hydrogens (primary N) is 1. The Labute approximate surface area is 137 Å². The number of nitrogens with one attached hydrogen (secondary N) is 2. The molecule has 0 aliphatic heterocycles. The Morgan fingerprint density at radius 1 is 1.12 bits per heavy atom. The Balaban J connectivity index is 1.79. The molecule has 0 unspecified atom stereocenters. The van der Waals surface area contributed by atoms with Gasteiger partial charge in [0.25, 0.3) is 5.91 Å². The fourth-order valence-electron chi connectivity index (χ4n) is 2.43. The maximum absolute atomic E-state index is 12.3. The van der Waals surface area contributed by atoms with E-state index in [0.717, 1.165) is 16.7 Å². The first-order valence-electron chi connectivity index (χ1n) is 7.21. The number of pyridine rings is 1. The smallest absolute Gasteiger partial charge is 0.316 e. The molecule has 3 amide bonds. The number of hydrogen-bond acceptors (Lipinski definition) is 4. The van der Waals surface area contributed by atoms with Crippen molar-refractivity contribution in [2.45, 2.75) is 6.92 Å². The molecule has 0 aliphatic rings. The van der Waals surface area contributed by atoms with Crippen LogP contribution in [-0.2, 0) is 7.05 Å². The zero-order chi connectivity index (χ0) is 17.3. The van der Waals surface area contributed by atoms with Gasteiger partial charge in [-0.05, 0) is 37.3 Å². The third-order valence-electron chi connectivity index (χ3n) is 3.54. The highest BCUT2D eigenvalue weighted by atomic mass is 16.2. The first-order chi connectivity index (χ1) is 11.4. The lowest BCUT2D eigenvalue weighted by Gasteiger charge is -2.07. The monoisotopic (exact) mass is 324 g/mol. The zero-order valence-corrected chi connectivity index (χ0v) is 13.2. The summed E-state index contributed by atoms with van der Waals surface area (Å²) in [5.74, 6) is -0.275. The molecule has 0 aliphatic carbocycles. The summed E-state index contributed by atoms with van der Waals surface area (Å²) in [5, 5.41) is 10.4. The number of aryl methyl sites for hydroxylation is 2. The van der Waals surface area contributed by atoms with Gasteiger partial charge in [0.1, 0.15) is 0 Å². The standard InChI is InChI=1S/C16H16N6O2/c1-9-13-7-12(8-18-14(13)22(2)21-9)19-15(23)10-3-5-11(6-4-10)20-16(17)24/h3-8H,1-2H3,(H,19,23)(H3,17,20,24). The molecule has 2 aromatic heterocycles. The van der Waals surface area contributed by atoms with Crippen LogP contribution in [-0.4, -0.2) is 26.7 Å². The number of carbonyl (C=O) groups excluding carboxylic acids is 2. The summed E-state index contributed by atoms with van der Waals surface area (Å²) in [6.45, 7) is 1.89. The van der Waals surface area contributed by atoms with Crippen molar-refractivity contribution >= 4 is 34.3 Å². The van der Waals surface area contributed by atoms with Crippen molar-refractivity contribution in [1.29, 1.82) is 0 Å². The number of carbonyl (C=O) groups is 2. The van der Waals surface area contributed by atoms with Crippen LogP contribution < -0.4 is 16.4 Å². The van der Waals surface area contributed by atoms with E-state index in [1.54, 1.807) is 35.1 Å². The van der Waals surface area contributed by atoms with Gasteiger partial charge in [-0.25, -0.2) is 9.78 Å². The third-order valence-corrected chi connectivity index (χ3v) is 3.54. The summed E-state index contributed by atoms with van der Waals surface area (Å²) in [4.78, 5) is 27.4. The lowest BCUT2D eigenvalue weighted by molar-refractivity contribution is 0.102. The number of anilines is 2. The minimum Gasteiger partial charge on any atom is -0.351 e. The second-order valence-corrected chi connectivity index (χ2v) is 5.32. The summed E-state index contributed by atoms with van der Waals surface area (Å²) in [6.07, 6.45) is 1.59. The first-order valence-corrected chi connectivity index (χ1v) is 7.21. The molecule has 0 fully saturated rings. The lowest BCUT2D eigenvalue weighted by Crippen LogP contribution is -2.19. The van der Waals surface area contributed by atoms with Gasteiger partial charge in [0.05, 0.1) is 17.6 Å². The molecule has 0 bridgehead atoms. The number of amides is 3. The largest absolute Gasteiger partial charge is 0.351 e. The van der Waals surface area contributed by atoms with Crippen LogP contribution >= 0.6 is 0 Å². The topological polar surface area (TPSA) is 115 Å². The number of hydrogen-bond donors (Lipinski definition) is 3. The van der Waals surface area contributed by atoms with Gasteiger partial charge in [-0.3, -0.25) is 9.48 Å². The van der Waals surface area contributed by atoms with Crippen molar-refractivity contribution in [3.63, 3.8) is 0 Å². The van der Waals surface area contributed by atoms with Crippen molar-refractivity contribution in [3.8, 4) is 0 Å². The SMILES string of the molecule is Cc1nn(C)c2ncc(NC(=O)c3ccc(NC(N)=O)cc3)cc12. The van der Waals surface area contributed by atoms with E-state index in [-0.39, 0.29) is 5.91 Å². The molecule has 3 aromatic rings. The normalized spacial score (nSPS) is 10.6. The third kappa shape index (κ3) is 3.02. The van der Waals surface area contributed by atoms with Crippen molar-refractivity contribution in [1.82, 2.24) is 14.8 Å². The predicted molar refractivity (Wildman–Crippen MR) is 90.8 cm³/mol. The summed E-state index contributed by atoms with van der Waals surface area (Å²) >= 11 is 0. The van der Waals surface area contributed by atoms with Gasteiger partial charge >= 0.3 is 6.03 Å². The summed E-state index contributed by atoms with van der Waals surface area (Å²) < 4.78 is 1.70. The van der Waals surface area contributed by atoms with Crippen LogP contribution in [0.5, 0.6) is 0 Å². The van der Waals surface area contributed by atoms with E-state index in [0.29, 0.717) is 16.9 Å². The van der Waals surface area contributed by atoms with Crippen LogP contribution in [0.2, 0.25) is 0 Å². The molecule has 8 heteroatoms. The quantitative estimate of drug-likeness (QED) is 0.683. The van der Waals surface area contributed by atoms with E-state index in [4.69, 9.17) is 5.73 Å². The van der Waals surface area contributed by atoms with Gasteiger partial charge in [-0.2, -0.15) is 5.10 Å². The molecule has 8 nitrogen and oxygen atoms in total. The van der Waals surface area contributed by atoms with Gasteiger partial charge in [0, 0.05) is 23.7 Å². The Morgan fingerprint density at radius 2 is 1.83 bits per heavy atom. The zero-order valence-electron chi connectivity index (χ0n) is 13.2. The highest BCUT2D eigenvalue weighted by Crippen LogP contribution is 2.20. The van der Waals surface area contributed by atoms with E-state index in [2.05, 4.69) is 20.7 Å². The summed E-state index contributed by atoms with van der Waals surface area (Å²) in [7, 11) is 1.82. The molecule has 0 radical (unpaired) electrons. The average Bonchev–Trinajstić information content (AvgIpc) is 2.82. The number of aromatic nitrogens is 3. The van der Waals surface area contributed by atoms with Crippen molar-refractivity contribution in [2.75, 3.05) is 10.6 Å². The number of primary amides is 1. The van der Waals surface area contributed by atoms with E-state index in [1.807, 2.05) is 20.0 Å². The second kappa shape index (κ2) is 5.99. The van der Waals surface area contributed by atoms with E-state index in [9.17, 15) is 9.59 Å². The minimum absolute atomic E-state index is 0.275. The number of fused-ring (bicyclic) bond motifs is 1. The van der Waals surface area contributed by atoms with Crippen LogP contribution in [0.1, 0.15) is 16.1 Å². The fraction of sp³-hybridized carbons (Fsp3) is 0.125. The van der Waals surface area contributed by atoms with Crippen LogP contribution in [0, 0.1) is 6.92 Å². The second-order valence-electron chi connectivity index (χ2n) is 5.32. The Hall–Kier alpha value is -3.42. The first kappa shape index (κ1) is 15.5. The Kier molecular flexibility index (Phi) is 3.87. The molecule has 3 rings (SSSR count).